The lowest BCUT2D eigenvalue weighted by Crippen LogP contribution is -2.62. The third-order valence-corrected chi connectivity index (χ3v) is 4.04. The van der Waals surface area contributed by atoms with E-state index in [1.165, 1.54) is 0 Å². The highest BCUT2D eigenvalue weighted by molar-refractivity contribution is 5.85. The number of carbonyl (C=O) groups excluding carboxylic acids is 1. The highest BCUT2D eigenvalue weighted by Gasteiger charge is 2.76. The predicted octanol–water partition coefficient (Wildman–Crippen LogP) is 3.48. The number of nitrogens with zero attached hydrogens (tertiary/aromatic N) is 2. The van der Waals surface area contributed by atoms with Crippen LogP contribution < -0.4 is 4.90 Å². The average Bonchev–Trinajstić information content (AvgIpc) is 2.53. The average molecular weight is 372 g/mol. The van der Waals surface area contributed by atoms with Gasteiger partial charge in [0.15, 0.2) is 0 Å². The van der Waals surface area contributed by atoms with Crippen molar-refractivity contribution in [3.8, 4) is 0 Å². The van der Waals surface area contributed by atoms with E-state index in [9.17, 15) is 35.5 Å². The number of hydrogen-bond donors (Lipinski definition) is 0. The SMILES string of the molecule is Cc1ccccc1N1CCN(C(=O)C(F)(F)C(F)(F)C(F)(F)F)CC1. The van der Waals surface area contributed by atoms with Crippen molar-refractivity contribution in [2.24, 2.45) is 0 Å². The van der Waals surface area contributed by atoms with Crippen molar-refractivity contribution < 1.29 is 35.5 Å². The summed E-state index contributed by atoms with van der Waals surface area (Å²) in [6.07, 6.45) is -6.52. The molecular weight excluding hydrogens is 357 g/mol. The molecule has 0 aliphatic carbocycles. The van der Waals surface area contributed by atoms with Gasteiger partial charge in [-0.15, -0.1) is 0 Å². The summed E-state index contributed by atoms with van der Waals surface area (Å²) < 4.78 is 89.4. The number of halogens is 7. The molecule has 140 valence electrons. The van der Waals surface area contributed by atoms with Gasteiger partial charge in [0, 0.05) is 31.9 Å². The van der Waals surface area contributed by atoms with E-state index in [0.717, 1.165) is 11.3 Å². The fourth-order valence-corrected chi connectivity index (χ4v) is 2.58. The standard InChI is InChI=1S/C15H15F7N2O/c1-10-4-2-3-5-11(10)23-6-8-24(9-7-23)12(25)13(16,17)14(18,19)15(20,21)22/h2-5H,6-9H2,1H3. The first kappa shape index (κ1) is 19.3. The number of aryl methyl sites for hydroxylation is 1. The maximum absolute atomic E-state index is 13.5. The van der Waals surface area contributed by atoms with E-state index in [2.05, 4.69) is 0 Å². The zero-order chi connectivity index (χ0) is 19.0. The molecule has 0 radical (unpaired) electrons. The first-order valence-corrected chi connectivity index (χ1v) is 7.32. The molecule has 0 unspecified atom stereocenters. The Morgan fingerprint density at radius 2 is 1.44 bits per heavy atom. The van der Waals surface area contributed by atoms with Gasteiger partial charge in [-0.3, -0.25) is 4.79 Å². The highest BCUT2D eigenvalue weighted by atomic mass is 19.4. The smallest absolute Gasteiger partial charge is 0.368 e. The zero-order valence-corrected chi connectivity index (χ0v) is 13.1. The summed E-state index contributed by atoms with van der Waals surface area (Å²) in [5, 5.41) is 0. The number of para-hydroxylation sites is 1. The van der Waals surface area contributed by atoms with Gasteiger partial charge in [-0.05, 0) is 18.6 Å². The van der Waals surface area contributed by atoms with E-state index in [1.807, 2.05) is 13.0 Å². The Hall–Kier alpha value is -2.00. The van der Waals surface area contributed by atoms with Crippen molar-refractivity contribution in [3.05, 3.63) is 29.8 Å². The van der Waals surface area contributed by atoms with Crippen molar-refractivity contribution in [1.29, 1.82) is 0 Å². The summed E-state index contributed by atoms with van der Waals surface area (Å²) in [7, 11) is 0. The summed E-state index contributed by atoms with van der Waals surface area (Å²) in [6, 6.07) is 7.11. The lowest BCUT2D eigenvalue weighted by Gasteiger charge is -2.39. The molecule has 10 heteroatoms. The fraction of sp³-hybridized carbons (Fsp3) is 0.533. The van der Waals surface area contributed by atoms with Gasteiger partial charge in [0.05, 0.1) is 0 Å². The molecular formula is C15H15F7N2O. The van der Waals surface area contributed by atoms with E-state index in [0.29, 0.717) is 4.90 Å². The van der Waals surface area contributed by atoms with Crippen LogP contribution >= 0.6 is 0 Å². The number of carbonyl (C=O) groups is 1. The Labute approximate surface area is 139 Å². The van der Waals surface area contributed by atoms with Crippen LogP contribution in [0.4, 0.5) is 36.4 Å². The number of piperazine rings is 1. The molecule has 1 heterocycles. The molecule has 0 N–H and O–H groups in total. The molecule has 1 fully saturated rings. The quantitative estimate of drug-likeness (QED) is 0.759. The highest BCUT2D eigenvalue weighted by Crippen LogP contribution is 2.47. The Bertz CT molecular complexity index is 637. The van der Waals surface area contributed by atoms with Gasteiger partial charge in [0.2, 0.25) is 0 Å². The van der Waals surface area contributed by atoms with Crippen LogP contribution in [0.15, 0.2) is 24.3 Å². The van der Waals surface area contributed by atoms with Crippen LogP contribution in [-0.2, 0) is 4.79 Å². The van der Waals surface area contributed by atoms with Crippen molar-refractivity contribution in [2.75, 3.05) is 31.1 Å². The van der Waals surface area contributed by atoms with E-state index >= 15 is 0 Å². The topological polar surface area (TPSA) is 23.6 Å². The monoisotopic (exact) mass is 372 g/mol. The lowest BCUT2D eigenvalue weighted by molar-refractivity contribution is -0.346. The molecule has 1 aromatic rings. The third kappa shape index (κ3) is 3.38. The van der Waals surface area contributed by atoms with Crippen molar-refractivity contribution in [2.45, 2.75) is 24.9 Å². The van der Waals surface area contributed by atoms with Crippen LogP contribution in [0.5, 0.6) is 0 Å². The van der Waals surface area contributed by atoms with E-state index in [4.69, 9.17) is 0 Å². The van der Waals surface area contributed by atoms with Crippen LogP contribution in [0.1, 0.15) is 5.56 Å². The van der Waals surface area contributed by atoms with Crippen LogP contribution in [-0.4, -0.2) is 55.0 Å². The number of benzene rings is 1. The summed E-state index contributed by atoms with van der Waals surface area (Å²) in [4.78, 5) is 13.7. The second kappa shape index (κ2) is 6.38. The van der Waals surface area contributed by atoms with Crippen LogP contribution in [0, 0.1) is 6.92 Å². The predicted molar refractivity (Wildman–Crippen MR) is 75.9 cm³/mol. The second-order valence-corrected chi connectivity index (χ2v) is 5.71. The van der Waals surface area contributed by atoms with Gasteiger partial charge in [-0.2, -0.15) is 30.7 Å². The van der Waals surface area contributed by atoms with Gasteiger partial charge in [-0.25, -0.2) is 0 Å². The maximum Gasteiger partial charge on any atom is 0.460 e. The van der Waals surface area contributed by atoms with Crippen LogP contribution in [0.3, 0.4) is 0 Å². The first-order valence-electron chi connectivity index (χ1n) is 7.32. The molecule has 3 nitrogen and oxygen atoms in total. The minimum atomic E-state index is -6.52. The molecule has 1 aliphatic rings. The molecule has 0 aromatic heterocycles. The van der Waals surface area contributed by atoms with Gasteiger partial charge in [0.25, 0.3) is 5.91 Å². The molecule has 2 rings (SSSR count). The minimum absolute atomic E-state index is 0.0459. The molecule has 1 saturated heterocycles. The van der Waals surface area contributed by atoms with E-state index < -0.39 is 23.9 Å². The maximum atomic E-state index is 13.5. The Balaban J connectivity index is 2.10. The number of hydrogen-bond acceptors (Lipinski definition) is 2. The number of anilines is 1. The van der Waals surface area contributed by atoms with Crippen molar-refractivity contribution in [1.82, 2.24) is 4.90 Å². The number of amides is 1. The lowest BCUT2D eigenvalue weighted by atomic mass is 10.1. The Morgan fingerprint density at radius 1 is 0.920 bits per heavy atom. The Morgan fingerprint density at radius 3 is 1.92 bits per heavy atom. The van der Waals surface area contributed by atoms with E-state index in [-0.39, 0.29) is 26.2 Å². The minimum Gasteiger partial charge on any atom is -0.368 e. The first-order chi connectivity index (χ1) is 11.4. The number of alkyl halides is 7. The molecule has 1 amide bonds. The second-order valence-electron chi connectivity index (χ2n) is 5.71. The van der Waals surface area contributed by atoms with Crippen molar-refractivity contribution >= 4 is 11.6 Å². The summed E-state index contributed by atoms with van der Waals surface area (Å²) >= 11 is 0. The molecule has 0 saturated carbocycles. The molecule has 0 bridgehead atoms. The fourth-order valence-electron chi connectivity index (χ4n) is 2.58. The largest absolute Gasteiger partial charge is 0.460 e. The zero-order valence-electron chi connectivity index (χ0n) is 13.1. The van der Waals surface area contributed by atoms with E-state index in [1.54, 1.807) is 23.1 Å². The van der Waals surface area contributed by atoms with Crippen LogP contribution in [0.25, 0.3) is 0 Å². The van der Waals surface area contributed by atoms with Gasteiger partial charge in [0.1, 0.15) is 0 Å². The Kier molecular flexibility index (Phi) is 4.93. The van der Waals surface area contributed by atoms with Crippen LogP contribution in [0.2, 0.25) is 0 Å². The molecule has 1 aliphatic heterocycles. The van der Waals surface area contributed by atoms with Gasteiger partial charge >= 0.3 is 18.0 Å². The molecule has 0 atom stereocenters. The molecule has 1 aromatic carbocycles. The third-order valence-electron chi connectivity index (χ3n) is 4.04. The molecule has 0 spiro atoms. The normalized spacial score (nSPS) is 17.0. The summed E-state index contributed by atoms with van der Waals surface area (Å²) in [5.41, 5.74) is 1.66. The van der Waals surface area contributed by atoms with Gasteiger partial charge < -0.3 is 9.80 Å². The molecule has 25 heavy (non-hydrogen) atoms. The summed E-state index contributed by atoms with van der Waals surface area (Å²) in [6.45, 7) is 1.15. The summed E-state index contributed by atoms with van der Waals surface area (Å²) in [5.74, 6) is -14.8. The van der Waals surface area contributed by atoms with Gasteiger partial charge in [-0.1, -0.05) is 18.2 Å². The van der Waals surface area contributed by atoms with Crippen molar-refractivity contribution in [3.63, 3.8) is 0 Å². The number of rotatable bonds is 3.